The van der Waals surface area contributed by atoms with Gasteiger partial charge in [0.05, 0.1) is 0 Å². The van der Waals surface area contributed by atoms with E-state index < -0.39 is 0 Å². The van der Waals surface area contributed by atoms with Gasteiger partial charge in [-0.05, 0) is 37.5 Å². The second-order valence-electron chi connectivity index (χ2n) is 7.54. The number of piperidine rings is 1. The number of nitrogens with one attached hydrogen (secondary N) is 1. The smallest absolute Gasteiger partial charge is 0.227 e. The number of anilines is 3. The van der Waals surface area contributed by atoms with Gasteiger partial charge in [0.25, 0.3) is 0 Å². The largest absolute Gasteiger partial charge is 0.356 e. The number of hydrogen-bond acceptors (Lipinski definition) is 6. The van der Waals surface area contributed by atoms with Gasteiger partial charge < -0.3 is 15.1 Å². The molecule has 0 spiro atoms. The molecule has 4 rings (SSSR count). The molecule has 0 unspecified atom stereocenters. The van der Waals surface area contributed by atoms with Crippen LogP contribution in [-0.2, 0) is 4.79 Å². The molecule has 6 nitrogen and oxygen atoms in total. The number of carbonyl (C=O) groups excluding carboxylic acids is 1. The number of benzene rings is 1. The maximum Gasteiger partial charge on any atom is 0.227 e. The molecule has 154 valence electrons. The maximum atomic E-state index is 13.5. The van der Waals surface area contributed by atoms with E-state index in [0.29, 0.717) is 5.69 Å². The van der Waals surface area contributed by atoms with Crippen molar-refractivity contribution in [2.24, 2.45) is 5.92 Å². The summed E-state index contributed by atoms with van der Waals surface area (Å²) in [4.78, 5) is 26.1. The third-order valence-corrected chi connectivity index (χ3v) is 6.56. The third-order valence-electron chi connectivity index (χ3n) is 5.62. The number of amides is 1. The van der Waals surface area contributed by atoms with E-state index in [0.717, 1.165) is 67.7 Å². The highest BCUT2D eigenvalue weighted by molar-refractivity contribution is 7.99. The van der Waals surface area contributed by atoms with Crippen molar-refractivity contribution in [3.8, 4) is 0 Å². The van der Waals surface area contributed by atoms with Gasteiger partial charge in [0.2, 0.25) is 5.91 Å². The summed E-state index contributed by atoms with van der Waals surface area (Å²) in [6.45, 7) is 5.44. The Bertz CT molecular complexity index is 866. The summed E-state index contributed by atoms with van der Waals surface area (Å²) in [5, 5.41) is 2.90. The van der Waals surface area contributed by atoms with Gasteiger partial charge in [0.15, 0.2) is 0 Å². The second kappa shape index (κ2) is 8.98. The minimum atomic E-state index is -0.340. The molecule has 0 saturated carbocycles. The fourth-order valence-electron chi connectivity index (χ4n) is 3.81. The van der Waals surface area contributed by atoms with Gasteiger partial charge in [0.1, 0.15) is 23.8 Å². The topological polar surface area (TPSA) is 61.4 Å². The monoisotopic (exact) mass is 415 g/mol. The number of carbonyl (C=O) groups is 1. The second-order valence-corrected chi connectivity index (χ2v) is 8.77. The quantitative estimate of drug-likeness (QED) is 0.827. The van der Waals surface area contributed by atoms with Crippen LogP contribution in [0.4, 0.5) is 21.7 Å². The lowest BCUT2D eigenvalue weighted by molar-refractivity contribution is -0.120. The van der Waals surface area contributed by atoms with Crippen molar-refractivity contribution in [2.75, 3.05) is 52.8 Å². The molecule has 3 heterocycles. The Kier molecular flexibility index (Phi) is 6.18. The zero-order valence-electron chi connectivity index (χ0n) is 16.6. The van der Waals surface area contributed by atoms with Crippen LogP contribution in [-0.4, -0.2) is 53.6 Å². The maximum absolute atomic E-state index is 13.5. The van der Waals surface area contributed by atoms with Crippen molar-refractivity contribution in [2.45, 2.75) is 19.8 Å². The van der Waals surface area contributed by atoms with Crippen molar-refractivity contribution < 1.29 is 9.18 Å². The molecule has 0 atom stereocenters. The minimum Gasteiger partial charge on any atom is -0.356 e. The van der Waals surface area contributed by atoms with Crippen LogP contribution in [0.3, 0.4) is 0 Å². The predicted octanol–water partition coefficient (Wildman–Crippen LogP) is 3.33. The highest BCUT2D eigenvalue weighted by Crippen LogP contribution is 2.26. The molecule has 2 aliphatic rings. The lowest BCUT2D eigenvalue weighted by atomic mass is 9.95. The van der Waals surface area contributed by atoms with Crippen LogP contribution in [0, 0.1) is 18.7 Å². The van der Waals surface area contributed by atoms with Crippen molar-refractivity contribution in [1.82, 2.24) is 9.97 Å². The zero-order chi connectivity index (χ0) is 20.2. The Morgan fingerprint density at radius 1 is 1.07 bits per heavy atom. The van der Waals surface area contributed by atoms with Crippen molar-refractivity contribution in [3.63, 3.8) is 0 Å². The summed E-state index contributed by atoms with van der Waals surface area (Å²) in [6.07, 6.45) is 3.14. The van der Waals surface area contributed by atoms with Gasteiger partial charge >= 0.3 is 0 Å². The number of halogens is 1. The third kappa shape index (κ3) is 4.80. The number of aromatic nitrogens is 2. The molecule has 0 aliphatic carbocycles. The van der Waals surface area contributed by atoms with E-state index in [-0.39, 0.29) is 17.6 Å². The number of nitrogens with zero attached hydrogens (tertiary/aromatic N) is 4. The molecular weight excluding hydrogens is 389 g/mol. The molecular formula is C21H26FN5OS. The van der Waals surface area contributed by atoms with E-state index in [1.54, 1.807) is 12.4 Å². The molecule has 29 heavy (non-hydrogen) atoms. The first-order valence-electron chi connectivity index (χ1n) is 10.1. The molecule has 0 radical (unpaired) electrons. The summed E-state index contributed by atoms with van der Waals surface area (Å²) in [7, 11) is 0. The molecule has 2 fully saturated rings. The number of thioether (sulfide) groups is 1. The molecule has 2 aliphatic heterocycles. The molecule has 0 bridgehead atoms. The first kappa shape index (κ1) is 19.9. The van der Waals surface area contributed by atoms with Crippen LogP contribution in [0.1, 0.15) is 18.4 Å². The minimum absolute atomic E-state index is 0.0347. The fraction of sp³-hybridized carbons (Fsp3) is 0.476. The Morgan fingerprint density at radius 2 is 1.72 bits per heavy atom. The van der Waals surface area contributed by atoms with E-state index in [2.05, 4.69) is 31.2 Å². The number of hydrogen-bond donors (Lipinski definition) is 1. The van der Waals surface area contributed by atoms with Crippen LogP contribution >= 0.6 is 11.8 Å². The summed E-state index contributed by atoms with van der Waals surface area (Å²) in [5.41, 5.74) is 1.42. The van der Waals surface area contributed by atoms with Gasteiger partial charge in [-0.3, -0.25) is 4.79 Å². The van der Waals surface area contributed by atoms with Gasteiger partial charge in [-0.15, -0.1) is 0 Å². The Labute approximate surface area is 174 Å². The standard InChI is InChI=1S/C21H26FN5OS/c1-15-2-3-17(22)12-18(15)25-21(28)16-4-6-26(7-5-16)19-13-20(24-14-23-19)27-8-10-29-11-9-27/h2-3,12-14,16H,4-11H2,1H3,(H,25,28). The Morgan fingerprint density at radius 3 is 2.41 bits per heavy atom. The van der Waals surface area contributed by atoms with Crippen LogP contribution in [0.25, 0.3) is 0 Å². The first-order valence-corrected chi connectivity index (χ1v) is 11.2. The van der Waals surface area contributed by atoms with Crippen molar-refractivity contribution >= 4 is 35.0 Å². The summed E-state index contributed by atoms with van der Waals surface area (Å²) in [6, 6.07) is 6.53. The van der Waals surface area contributed by atoms with Gasteiger partial charge in [-0.25, -0.2) is 14.4 Å². The normalized spacial score (nSPS) is 18.0. The summed E-state index contributed by atoms with van der Waals surface area (Å²) < 4.78 is 13.5. The van der Waals surface area contributed by atoms with Crippen LogP contribution in [0.2, 0.25) is 0 Å². The highest BCUT2D eigenvalue weighted by atomic mass is 32.2. The van der Waals surface area contributed by atoms with E-state index in [9.17, 15) is 9.18 Å². The average molecular weight is 416 g/mol. The summed E-state index contributed by atoms with van der Waals surface area (Å²) >= 11 is 1.98. The molecule has 8 heteroatoms. The van der Waals surface area contributed by atoms with Crippen LogP contribution < -0.4 is 15.1 Å². The average Bonchev–Trinajstić information content (AvgIpc) is 2.77. The molecule has 1 aromatic carbocycles. The van der Waals surface area contributed by atoms with E-state index >= 15 is 0 Å². The number of aryl methyl sites for hydroxylation is 1. The lowest BCUT2D eigenvalue weighted by Crippen LogP contribution is -2.39. The lowest BCUT2D eigenvalue weighted by Gasteiger charge is -2.33. The van der Waals surface area contributed by atoms with Crippen LogP contribution in [0.5, 0.6) is 0 Å². The Balaban J connectivity index is 1.35. The summed E-state index contributed by atoms with van der Waals surface area (Å²) in [5.74, 6) is 3.72. The predicted molar refractivity (Wildman–Crippen MR) is 116 cm³/mol. The highest BCUT2D eigenvalue weighted by Gasteiger charge is 2.26. The van der Waals surface area contributed by atoms with E-state index in [1.807, 2.05) is 18.7 Å². The molecule has 1 amide bonds. The van der Waals surface area contributed by atoms with Gasteiger partial charge in [-0.2, -0.15) is 11.8 Å². The first-order chi connectivity index (χ1) is 14.1. The van der Waals surface area contributed by atoms with E-state index in [1.165, 1.54) is 12.1 Å². The molecule has 2 saturated heterocycles. The van der Waals surface area contributed by atoms with E-state index in [4.69, 9.17) is 0 Å². The van der Waals surface area contributed by atoms with Crippen LogP contribution in [0.15, 0.2) is 30.6 Å². The Hall–Kier alpha value is -2.35. The van der Waals surface area contributed by atoms with Gasteiger partial charge in [0, 0.05) is 55.4 Å². The molecule has 2 aromatic rings. The fourth-order valence-corrected chi connectivity index (χ4v) is 4.71. The molecule has 1 aromatic heterocycles. The number of rotatable bonds is 4. The van der Waals surface area contributed by atoms with Crippen molar-refractivity contribution in [1.29, 1.82) is 0 Å². The molecule has 1 N–H and O–H groups in total. The SMILES string of the molecule is Cc1ccc(F)cc1NC(=O)C1CCN(c2cc(N3CCSCC3)ncn2)CC1. The van der Waals surface area contributed by atoms with Crippen molar-refractivity contribution in [3.05, 3.63) is 42.0 Å². The van der Waals surface area contributed by atoms with Gasteiger partial charge in [-0.1, -0.05) is 6.07 Å². The zero-order valence-corrected chi connectivity index (χ0v) is 17.4.